The molecule has 0 amide bonds. The lowest BCUT2D eigenvalue weighted by molar-refractivity contribution is 0.286. The van der Waals surface area contributed by atoms with Crippen LogP contribution in [0.5, 0.6) is 0 Å². The van der Waals surface area contributed by atoms with Gasteiger partial charge in [-0.2, -0.15) is 0 Å². The summed E-state index contributed by atoms with van der Waals surface area (Å²) < 4.78 is 0. The maximum Gasteiger partial charge on any atom is 0.153 e. The summed E-state index contributed by atoms with van der Waals surface area (Å²) in [5.74, 6) is 0.255. The molecule has 0 fully saturated rings. The minimum absolute atomic E-state index is 0.255. The van der Waals surface area contributed by atoms with Gasteiger partial charge >= 0.3 is 0 Å². The first-order chi connectivity index (χ1) is 8.15. The van der Waals surface area contributed by atoms with Crippen molar-refractivity contribution in [2.45, 2.75) is 26.8 Å². The van der Waals surface area contributed by atoms with Gasteiger partial charge in [0.05, 0.1) is 6.54 Å². The highest BCUT2D eigenvalue weighted by molar-refractivity contribution is 5.81. The molecule has 0 atom stereocenters. The Kier molecular flexibility index (Phi) is 5.49. The van der Waals surface area contributed by atoms with E-state index in [0.29, 0.717) is 6.54 Å². The second-order valence-electron chi connectivity index (χ2n) is 4.29. The molecule has 4 heteroatoms. The first kappa shape index (κ1) is 13.5. The highest BCUT2D eigenvalue weighted by Gasteiger charge is 2.07. The van der Waals surface area contributed by atoms with Crippen LogP contribution in [0, 0.1) is 6.92 Å². The number of amidine groups is 1. The Morgan fingerprint density at radius 2 is 2.00 bits per heavy atom. The molecule has 3 N–H and O–H groups in total. The fraction of sp³-hybridized carbons (Fsp3) is 0.462. The average Bonchev–Trinajstić information content (AvgIpc) is 2.32. The van der Waals surface area contributed by atoms with Crippen LogP contribution in [-0.4, -0.2) is 29.0 Å². The van der Waals surface area contributed by atoms with Gasteiger partial charge in [0.15, 0.2) is 5.84 Å². The van der Waals surface area contributed by atoms with E-state index in [1.807, 2.05) is 0 Å². The predicted molar refractivity (Wildman–Crippen MR) is 70.2 cm³/mol. The van der Waals surface area contributed by atoms with Crippen molar-refractivity contribution in [2.75, 3.05) is 13.1 Å². The van der Waals surface area contributed by atoms with Crippen molar-refractivity contribution < 1.29 is 5.21 Å². The molecule has 0 saturated carbocycles. The van der Waals surface area contributed by atoms with E-state index in [9.17, 15) is 0 Å². The molecule has 94 valence electrons. The summed E-state index contributed by atoms with van der Waals surface area (Å²) in [5, 5.41) is 11.6. The number of nitrogens with two attached hydrogens (primary N) is 1. The Morgan fingerprint density at radius 3 is 2.53 bits per heavy atom. The Balaban J connectivity index is 2.62. The van der Waals surface area contributed by atoms with Crippen LogP contribution in [0.2, 0.25) is 0 Å². The second kappa shape index (κ2) is 6.91. The third-order valence-electron chi connectivity index (χ3n) is 2.58. The summed E-state index contributed by atoms with van der Waals surface area (Å²) in [6.07, 6.45) is 1.05. The van der Waals surface area contributed by atoms with Crippen LogP contribution >= 0.6 is 0 Å². The number of oxime groups is 1. The van der Waals surface area contributed by atoms with Crippen molar-refractivity contribution in [3.05, 3.63) is 35.4 Å². The maximum atomic E-state index is 8.59. The topological polar surface area (TPSA) is 61.8 Å². The molecule has 0 aliphatic carbocycles. The van der Waals surface area contributed by atoms with Gasteiger partial charge < -0.3 is 10.9 Å². The van der Waals surface area contributed by atoms with Crippen molar-refractivity contribution in [1.29, 1.82) is 0 Å². The van der Waals surface area contributed by atoms with E-state index in [-0.39, 0.29) is 5.84 Å². The highest BCUT2D eigenvalue weighted by atomic mass is 16.4. The quantitative estimate of drug-likeness (QED) is 0.343. The van der Waals surface area contributed by atoms with Gasteiger partial charge in [-0.25, -0.2) is 0 Å². The monoisotopic (exact) mass is 235 g/mol. The van der Waals surface area contributed by atoms with Gasteiger partial charge in [-0.05, 0) is 25.5 Å². The molecule has 1 rings (SSSR count). The molecular formula is C13H21N3O. The first-order valence-electron chi connectivity index (χ1n) is 5.90. The fourth-order valence-electron chi connectivity index (χ4n) is 1.74. The van der Waals surface area contributed by atoms with Gasteiger partial charge in [0, 0.05) is 6.54 Å². The van der Waals surface area contributed by atoms with Crippen molar-refractivity contribution >= 4 is 5.84 Å². The number of hydrogen-bond acceptors (Lipinski definition) is 3. The van der Waals surface area contributed by atoms with Gasteiger partial charge in [-0.15, -0.1) is 0 Å². The summed E-state index contributed by atoms with van der Waals surface area (Å²) in [4.78, 5) is 2.17. The normalized spacial score (nSPS) is 12.1. The summed E-state index contributed by atoms with van der Waals surface area (Å²) >= 11 is 0. The van der Waals surface area contributed by atoms with Gasteiger partial charge in [0.25, 0.3) is 0 Å². The van der Waals surface area contributed by atoms with Crippen LogP contribution in [0.15, 0.2) is 29.4 Å². The second-order valence-corrected chi connectivity index (χ2v) is 4.29. The number of rotatable bonds is 6. The molecule has 0 spiro atoms. The fourth-order valence-corrected chi connectivity index (χ4v) is 1.74. The summed E-state index contributed by atoms with van der Waals surface area (Å²) in [6.45, 7) is 6.45. The Bertz CT molecular complexity index is 359. The SMILES string of the molecule is CCCN(CC(N)=NO)Cc1ccc(C)cc1. The van der Waals surface area contributed by atoms with E-state index in [4.69, 9.17) is 10.9 Å². The average molecular weight is 235 g/mol. The van der Waals surface area contributed by atoms with Crippen molar-refractivity contribution in [3.8, 4) is 0 Å². The summed E-state index contributed by atoms with van der Waals surface area (Å²) in [5.41, 5.74) is 8.04. The standard InChI is InChI=1S/C13H21N3O/c1-3-8-16(10-13(14)15-17)9-12-6-4-11(2)5-7-12/h4-7,17H,3,8-10H2,1-2H3,(H2,14,15). The minimum atomic E-state index is 0.255. The van der Waals surface area contributed by atoms with Crippen molar-refractivity contribution in [2.24, 2.45) is 10.9 Å². The Hall–Kier alpha value is -1.55. The van der Waals surface area contributed by atoms with Crippen molar-refractivity contribution in [1.82, 2.24) is 4.90 Å². The molecule has 4 nitrogen and oxygen atoms in total. The van der Waals surface area contributed by atoms with E-state index in [0.717, 1.165) is 19.5 Å². The lowest BCUT2D eigenvalue weighted by Crippen LogP contribution is -2.34. The summed E-state index contributed by atoms with van der Waals surface area (Å²) in [7, 11) is 0. The van der Waals surface area contributed by atoms with Crippen molar-refractivity contribution in [3.63, 3.8) is 0 Å². The van der Waals surface area contributed by atoms with Crippen LogP contribution in [0.25, 0.3) is 0 Å². The molecular weight excluding hydrogens is 214 g/mol. The lowest BCUT2D eigenvalue weighted by atomic mass is 10.1. The van der Waals surface area contributed by atoms with E-state index in [2.05, 4.69) is 48.2 Å². The van der Waals surface area contributed by atoms with Crippen LogP contribution in [0.4, 0.5) is 0 Å². The van der Waals surface area contributed by atoms with Gasteiger partial charge in [-0.3, -0.25) is 4.90 Å². The highest BCUT2D eigenvalue weighted by Crippen LogP contribution is 2.07. The molecule has 0 saturated heterocycles. The smallest absolute Gasteiger partial charge is 0.153 e. The minimum Gasteiger partial charge on any atom is -0.409 e. The van der Waals surface area contributed by atoms with Crippen LogP contribution < -0.4 is 5.73 Å². The van der Waals surface area contributed by atoms with E-state index in [1.54, 1.807) is 0 Å². The van der Waals surface area contributed by atoms with E-state index >= 15 is 0 Å². The molecule has 0 aromatic heterocycles. The molecule has 0 heterocycles. The maximum absolute atomic E-state index is 8.59. The largest absolute Gasteiger partial charge is 0.409 e. The molecule has 1 aromatic carbocycles. The molecule has 0 radical (unpaired) electrons. The lowest BCUT2D eigenvalue weighted by Gasteiger charge is -2.20. The third-order valence-corrected chi connectivity index (χ3v) is 2.58. The number of aryl methyl sites for hydroxylation is 1. The molecule has 0 aliphatic heterocycles. The summed E-state index contributed by atoms with van der Waals surface area (Å²) in [6, 6.07) is 8.43. The Labute approximate surface area is 103 Å². The number of benzene rings is 1. The zero-order valence-corrected chi connectivity index (χ0v) is 10.6. The first-order valence-corrected chi connectivity index (χ1v) is 5.90. The zero-order valence-electron chi connectivity index (χ0n) is 10.6. The molecule has 0 bridgehead atoms. The van der Waals surface area contributed by atoms with Gasteiger partial charge in [0.2, 0.25) is 0 Å². The van der Waals surface area contributed by atoms with Crippen LogP contribution in [-0.2, 0) is 6.54 Å². The van der Waals surface area contributed by atoms with Gasteiger partial charge in [0.1, 0.15) is 0 Å². The Morgan fingerprint density at radius 1 is 1.35 bits per heavy atom. The molecule has 0 unspecified atom stereocenters. The molecule has 0 aliphatic rings. The van der Waals surface area contributed by atoms with E-state index in [1.165, 1.54) is 11.1 Å². The van der Waals surface area contributed by atoms with E-state index < -0.39 is 0 Å². The number of nitrogens with zero attached hydrogens (tertiary/aromatic N) is 2. The molecule has 17 heavy (non-hydrogen) atoms. The third kappa shape index (κ3) is 4.87. The van der Waals surface area contributed by atoms with Crippen LogP contribution in [0.3, 0.4) is 0 Å². The molecule has 1 aromatic rings. The number of hydrogen-bond donors (Lipinski definition) is 2. The van der Waals surface area contributed by atoms with Crippen LogP contribution in [0.1, 0.15) is 24.5 Å². The van der Waals surface area contributed by atoms with Gasteiger partial charge in [-0.1, -0.05) is 41.9 Å². The predicted octanol–water partition coefficient (Wildman–Crippen LogP) is 1.95. The zero-order chi connectivity index (χ0) is 12.7.